The Morgan fingerprint density at radius 2 is 2.00 bits per heavy atom. The lowest BCUT2D eigenvalue weighted by atomic mass is 9.86. The number of ether oxygens (including phenoxy) is 1. The molecule has 0 aromatic carbocycles. The average molecular weight is 298 g/mol. The SMILES string of the molecule is CCCNC(C)(CCN1CCC(C(C)C)CC1)C(=O)OC. The molecule has 0 saturated carbocycles. The van der Waals surface area contributed by atoms with E-state index in [4.69, 9.17) is 4.74 Å². The first kappa shape index (κ1) is 18.4. The Labute approximate surface area is 130 Å². The molecule has 0 aromatic rings. The first-order valence-corrected chi connectivity index (χ1v) is 8.48. The van der Waals surface area contributed by atoms with Crippen LogP contribution in [0.25, 0.3) is 0 Å². The number of hydrogen-bond donors (Lipinski definition) is 1. The number of carbonyl (C=O) groups excluding carboxylic acids is 1. The van der Waals surface area contributed by atoms with Crippen molar-refractivity contribution in [1.82, 2.24) is 10.2 Å². The second-order valence-corrected chi connectivity index (χ2v) is 6.92. The van der Waals surface area contributed by atoms with Crippen molar-refractivity contribution in [3.63, 3.8) is 0 Å². The number of nitrogens with one attached hydrogen (secondary N) is 1. The van der Waals surface area contributed by atoms with Gasteiger partial charge in [-0.2, -0.15) is 0 Å². The Hall–Kier alpha value is -0.610. The third-order valence-corrected chi connectivity index (χ3v) is 4.90. The van der Waals surface area contributed by atoms with E-state index in [9.17, 15) is 4.79 Å². The molecule has 124 valence electrons. The van der Waals surface area contributed by atoms with E-state index in [-0.39, 0.29) is 5.97 Å². The van der Waals surface area contributed by atoms with Gasteiger partial charge in [-0.15, -0.1) is 0 Å². The van der Waals surface area contributed by atoms with Crippen molar-refractivity contribution in [2.45, 2.75) is 58.9 Å². The van der Waals surface area contributed by atoms with Gasteiger partial charge in [0.15, 0.2) is 0 Å². The predicted molar refractivity (Wildman–Crippen MR) is 87.3 cm³/mol. The van der Waals surface area contributed by atoms with E-state index in [0.717, 1.165) is 50.9 Å². The molecule has 1 N–H and O–H groups in total. The van der Waals surface area contributed by atoms with Gasteiger partial charge >= 0.3 is 5.97 Å². The van der Waals surface area contributed by atoms with Gasteiger partial charge < -0.3 is 15.0 Å². The molecule has 0 radical (unpaired) electrons. The highest BCUT2D eigenvalue weighted by molar-refractivity contribution is 5.80. The maximum atomic E-state index is 12.1. The number of nitrogens with zero attached hydrogens (tertiary/aromatic N) is 1. The molecule has 0 aromatic heterocycles. The molecule has 1 fully saturated rings. The van der Waals surface area contributed by atoms with Crippen molar-refractivity contribution in [3.8, 4) is 0 Å². The first-order chi connectivity index (χ1) is 9.92. The Morgan fingerprint density at radius 1 is 1.38 bits per heavy atom. The van der Waals surface area contributed by atoms with Crippen LogP contribution in [0.3, 0.4) is 0 Å². The van der Waals surface area contributed by atoms with Gasteiger partial charge in [-0.05, 0) is 64.1 Å². The summed E-state index contributed by atoms with van der Waals surface area (Å²) in [6.45, 7) is 12.9. The van der Waals surface area contributed by atoms with Crippen LogP contribution in [-0.4, -0.2) is 49.7 Å². The summed E-state index contributed by atoms with van der Waals surface area (Å²) >= 11 is 0. The zero-order valence-electron chi connectivity index (χ0n) is 14.6. The normalized spacial score (nSPS) is 20.5. The van der Waals surface area contributed by atoms with Crippen LogP contribution in [0.1, 0.15) is 53.4 Å². The monoisotopic (exact) mass is 298 g/mol. The smallest absolute Gasteiger partial charge is 0.325 e. The van der Waals surface area contributed by atoms with Crippen molar-refractivity contribution in [3.05, 3.63) is 0 Å². The molecular weight excluding hydrogens is 264 g/mol. The minimum Gasteiger partial charge on any atom is -0.468 e. The van der Waals surface area contributed by atoms with Crippen LogP contribution in [0, 0.1) is 11.8 Å². The summed E-state index contributed by atoms with van der Waals surface area (Å²) in [6.07, 6.45) is 4.41. The fraction of sp³-hybridized carbons (Fsp3) is 0.941. The number of hydrogen-bond acceptors (Lipinski definition) is 4. The zero-order chi connectivity index (χ0) is 15.9. The van der Waals surface area contributed by atoms with E-state index >= 15 is 0 Å². The van der Waals surface area contributed by atoms with Gasteiger partial charge in [-0.1, -0.05) is 20.8 Å². The summed E-state index contributed by atoms with van der Waals surface area (Å²) in [7, 11) is 1.47. The summed E-state index contributed by atoms with van der Waals surface area (Å²) < 4.78 is 4.98. The molecule has 4 nitrogen and oxygen atoms in total. The summed E-state index contributed by atoms with van der Waals surface area (Å²) in [5.74, 6) is 1.51. The molecule has 1 unspecified atom stereocenters. The third kappa shape index (κ3) is 5.59. The van der Waals surface area contributed by atoms with Crippen molar-refractivity contribution in [2.75, 3.05) is 33.3 Å². The van der Waals surface area contributed by atoms with Crippen LogP contribution in [0.4, 0.5) is 0 Å². The average Bonchev–Trinajstić information content (AvgIpc) is 2.50. The largest absolute Gasteiger partial charge is 0.468 e. The van der Waals surface area contributed by atoms with E-state index in [1.165, 1.54) is 20.0 Å². The zero-order valence-corrected chi connectivity index (χ0v) is 14.6. The highest BCUT2D eigenvalue weighted by Crippen LogP contribution is 2.25. The van der Waals surface area contributed by atoms with Gasteiger partial charge in [-0.25, -0.2) is 0 Å². The lowest BCUT2D eigenvalue weighted by Crippen LogP contribution is -2.52. The number of esters is 1. The third-order valence-electron chi connectivity index (χ3n) is 4.90. The molecule has 0 amide bonds. The van der Waals surface area contributed by atoms with Gasteiger partial charge in [0.05, 0.1) is 7.11 Å². The van der Waals surface area contributed by atoms with E-state index in [1.807, 2.05) is 6.92 Å². The quantitative estimate of drug-likeness (QED) is 0.700. The van der Waals surface area contributed by atoms with Crippen molar-refractivity contribution >= 4 is 5.97 Å². The Kier molecular flexibility index (Phi) is 7.67. The van der Waals surface area contributed by atoms with E-state index in [1.54, 1.807) is 0 Å². The molecule has 0 bridgehead atoms. The Balaban J connectivity index is 2.45. The van der Waals surface area contributed by atoms with Gasteiger partial charge in [0.1, 0.15) is 5.54 Å². The summed E-state index contributed by atoms with van der Waals surface area (Å²) in [5, 5.41) is 3.36. The maximum absolute atomic E-state index is 12.1. The lowest BCUT2D eigenvalue weighted by Gasteiger charge is -2.36. The molecule has 21 heavy (non-hydrogen) atoms. The van der Waals surface area contributed by atoms with E-state index < -0.39 is 5.54 Å². The fourth-order valence-corrected chi connectivity index (χ4v) is 3.11. The van der Waals surface area contributed by atoms with Gasteiger partial charge in [0.25, 0.3) is 0 Å². The van der Waals surface area contributed by atoms with Crippen LogP contribution in [0.2, 0.25) is 0 Å². The Bertz CT molecular complexity index is 312. The lowest BCUT2D eigenvalue weighted by molar-refractivity contribution is -0.148. The van der Waals surface area contributed by atoms with Crippen molar-refractivity contribution in [1.29, 1.82) is 0 Å². The van der Waals surface area contributed by atoms with Crippen LogP contribution in [0.5, 0.6) is 0 Å². The minimum absolute atomic E-state index is 0.145. The van der Waals surface area contributed by atoms with Crippen LogP contribution < -0.4 is 5.32 Å². The first-order valence-electron chi connectivity index (χ1n) is 8.48. The van der Waals surface area contributed by atoms with Crippen LogP contribution in [0.15, 0.2) is 0 Å². The van der Waals surface area contributed by atoms with Crippen molar-refractivity contribution in [2.24, 2.45) is 11.8 Å². The topological polar surface area (TPSA) is 41.6 Å². The van der Waals surface area contributed by atoms with Gasteiger partial charge in [0, 0.05) is 6.54 Å². The Morgan fingerprint density at radius 3 is 2.48 bits per heavy atom. The molecule has 1 rings (SSSR count). The van der Waals surface area contributed by atoms with E-state index in [2.05, 4.69) is 31.0 Å². The summed E-state index contributed by atoms with van der Waals surface area (Å²) in [5.41, 5.74) is -0.556. The number of rotatable bonds is 8. The molecule has 0 spiro atoms. The molecular formula is C17H34N2O2. The highest BCUT2D eigenvalue weighted by atomic mass is 16.5. The maximum Gasteiger partial charge on any atom is 0.325 e. The molecule has 1 saturated heterocycles. The molecule has 1 aliphatic heterocycles. The van der Waals surface area contributed by atoms with Crippen molar-refractivity contribution < 1.29 is 9.53 Å². The van der Waals surface area contributed by atoms with E-state index in [0.29, 0.717) is 0 Å². The second-order valence-electron chi connectivity index (χ2n) is 6.92. The fourth-order valence-electron chi connectivity index (χ4n) is 3.11. The number of piperidine rings is 1. The standard InChI is InChI=1S/C17H34N2O2/c1-6-10-18-17(4,16(20)21-5)9-13-19-11-7-15(8-12-19)14(2)3/h14-15,18H,6-13H2,1-5H3. The number of likely N-dealkylation sites (tertiary alicyclic amines) is 1. The second kappa shape index (κ2) is 8.74. The van der Waals surface area contributed by atoms with Crippen LogP contribution >= 0.6 is 0 Å². The molecule has 1 aliphatic rings. The number of methoxy groups -OCH3 is 1. The molecule has 4 heteroatoms. The summed E-state index contributed by atoms with van der Waals surface area (Å²) in [4.78, 5) is 14.5. The molecule has 1 heterocycles. The van der Waals surface area contributed by atoms with Gasteiger partial charge in [-0.3, -0.25) is 4.79 Å². The van der Waals surface area contributed by atoms with Crippen LogP contribution in [-0.2, 0) is 9.53 Å². The number of carbonyl (C=O) groups is 1. The summed E-state index contributed by atoms with van der Waals surface area (Å²) in [6, 6.07) is 0. The molecule has 0 aliphatic carbocycles. The predicted octanol–water partition coefficient (Wildman–Crippen LogP) is 2.68. The molecule has 1 atom stereocenters. The minimum atomic E-state index is -0.556. The van der Waals surface area contributed by atoms with Gasteiger partial charge in [0.2, 0.25) is 0 Å². The highest BCUT2D eigenvalue weighted by Gasteiger charge is 2.34.